The molecule has 3 heterocycles. The van der Waals surface area contributed by atoms with Crippen molar-refractivity contribution in [3.05, 3.63) is 35.4 Å². The zero-order valence-corrected chi connectivity index (χ0v) is 16.3. The Balaban J connectivity index is 1.42. The maximum Gasteiger partial charge on any atom is 0.287 e. The Morgan fingerprint density at radius 1 is 1.33 bits per heavy atom. The van der Waals surface area contributed by atoms with Crippen LogP contribution in [0.3, 0.4) is 0 Å². The molecule has 0 bridgehead atoms. The second kappa shape index (κ2) is 8.31. The normalized spacial score (nSPS) is 16.7. The van der Waals surface area contributed by atoms with Crippen molar-refractivity contribution in [3.63, 3.8) is 0 Å². The molecule has 4 rings (SSSR count). The SMILES string of the molecule is COCc1cc(N2CCCC2)nc(SCc2ccc(C(=O)NC3CC3)o2)n1. The van der Waals surface area contributed by atoms with Gasteiger partial charge in [0.2, 0.25) is 0 Å². The third kappa shape index (κ3) is 4.81. The van der Waals surface area contributed by atoms with Crippen molar-refractivity contribution < 1.29 is 13.9 Å². The average molecular weight is 388 g/mol. The van der Waals surface area contributed by atoms with E-state index in [9.17, 15) is 4.79 Å². The molecule has 2 fully saturated rings. The van der Waals surface area contributed by atoms with Gasteiger partial charge in [-0.2, -0.15) is 0 Å². The number of furan rings is 1. The van der Waals surface area contributed by atoms with Crippen LogP contribution in [-0.4, -0.2) is 42.1 Å². The van der Waals surface area contributed by atoms with Crippen LogP contribution in [0.2, 0.25) is 0 Å². The number of nitrogens with zero attached hydrogens (tertiary/aromatic N) is 3. The number of carbonyl (C=O) groups excluding carboxylic acids is 1. The Morgan fingerprint density at radius 2 is 2.15 bits per heavy atom. The molecule has 27 heavy (non-hydrogen) atoms. The van der Waals surface area contributed by atoms with E-state index in [0.29, 0.717) is 29.3 Å². The molecule has 1 saturated heterocycles. The molecule has 1 N–H and O–H groups in total. The van der Waals surface area contributed by atoms with Crippen molar-refractivity contribution in [1.82, 2.24) is 15.3 Å². The van der Waals surface area contributed by atoms with Crippen LogP contribution in [0.1, 0.15) is 47.7 Å². The highest BCUT2D eigenvalue weighted by molar-refractivity contribution is 7.98. The molecule has 0 atom stereocenters. The van der Waals surface area contributed by atoms with Gasteiger partial charge in [-0.05, 0) is 37.8 Å². The summed E-state index contributed by atoms with van der Waals surface area (Å²) in [7, 11) is 1.67. The Kier molecular flexibility index (Phi) is 5.63. The van der Waals surface area contributed by atoms with Gasteiger partial charge in [-0.15, -0.1) is 0 Å². The molecule has 1 saturated carbocycles. The maximum absolute atomic E-state index is 12.0. The highest BCUT2D eigenvalue weighted by Gasteiger charge is 2.25. The average Bonchev–Trinajstić information content (AvgIpc) is 3.15. The van der Waals surface area contributed by atoms with Crippen molar-refractivity contribution in [1.29, 1.82) is 0 Å². The van der Waals surface area contributed by atoms with Crippen LogP contribution in [0.5, 0.6) is 0 Å². The Bertz CT molecular complexity index is 800. The summed E-state index contributed by atoms with van der Waals surface area (Å²) in [6.07, 6.45) is 4.52. The molecule has 144 valence electrons. The number of aromatic nitrogens is 2. The molecule has 0 unspecified atom stereocenters. The quantitative estimate of drug-likeness (QED) is 0.550. The van der Waals surface area contributed by atoms with Crippen LogP contribution >= 0.6 is 11.8 Å². The van der Waals surface area contributed by atoms with E-state index in [1.807, 2.05) is 12.1 Å². The molecule has 0 radical (unpaired) electrons. The summed E-state index contributed by atoms with van der Waals surface area (Å²) >= 11 is 1.51. The topological polar surface area (TPSA) is 80.5 Å². The second-order valence-corrected chi connectivity index (χ2v) is 7.87. The molecule has 1 aliphatic carbocycles. The first kappa shape index (κ1) is 18.3. The molecule has 1 amide bonds. The molecule has 1 aliphatic heterocycles. The number of ether oxygens (including phenoxy) is 1. The lowest BCUT2D eigenvalue weighted by molar-refractivity contribution is 0.0922. The van der Waals surface area contributed by atoms with E-state index in [2.05, 4.69) is 15.2 Å². The van der Waals surface area contributed by atoms with E-state index in [4.69, 9.17) is 14.1 Å². The van der Waals surface area contributed by atoms with E-state index < -0.39 is 0 Å². The van der Waals surface area contributed by atoms with Gasteiger partial charge in [-0.3, -0.25) is 4.79 Å². The number of amides is 1. The fourth-order valence-corrected chi connectivity index (χ4v) is 3.82. The summed E-state index contributed by atoms with van der Waals surface area (Å²) in [6, 6.07) is 5.90. The highest BCUT2D eigenvalue weighted by Crippen LogP contribution is 2.26. The summed E-state index contributed by atoms with van der Waals surface area (Å²) in [4.78, 5) is 23.6. The number of hydrogen-bond donors (Lipinski definition) is 1. The number of methoxy groups -OCH3 is 1. The summed E-state index contributed by atoms with van der Waals surface area (Å²) < 4.78 is 10.9. The van der Waals surface area contributed by atoms with Gasteiger partial charge in [0.1, 0.15) is 11.6 Å². The van der Waals surface area contributed by atoms with Gasteiger partial charge in [-0.1, -0.05) is 11.8 Å². The number of carbonyl (C=O) groups is 1. The standard InChI is InChI=1S/C19H24N4O3S/c1-25-11-14-10-17(23-8-2-3-9-23)22-19(21-14)27-12-15-6-7-16(26-15)18(24)20-13-4-5-13/h6-7,10,13H,2-5,8-9,11-12H2,1H3,(H,20,24). The van der Waals surface area contributed by atoms with E-state index in [0.717, 1.165) is 43.2 Å². The molecular formula is C19H24N4O3S. The van der Waals surface area contributed by atoms with Crippen LogP contribution in [0.25, 0.3) is 0 Å². The van der Waals surface area contributed by atoms with Crippen molar-refractivity contribution in [2.75, 3.05) is 25.1 Å². The fourth-order valence-electron chi connectivity index (χ4n) is 3.05. The Hall–Kier alpha value is -2.06. The third-order valence-corrected chi connectivity index (χ3v) is 5.48. The summed E-state index contributed by atoms with van der Waals surface area (Å²) in [5.41, 5.74) is 0.876. The van der Waals surface area contributed by atoms with Gasteiger partial charge >= 0.3 is 0 Å². The van der Waals surface area contributed by atoms with Gasteiger partial charge in [0, 0.05) is 32.3 Å². The van der Waals surface area contributed by atoms with Gasteiger partial charge in [0.05, 0.1) is 18.1 Å². The molecule has 0 aromatic carbocycles. The van der Waals surface area contributed by atoms with Gasteiger partial charge in [0.25, 0.3) is 5.91 Å². The van der Waals surface area contributed by atoms with Crippen LogP contribution in [0, 0.1) is 0 Å². The predicted octanol–water partition coefficient (Wildman–Crippen LogP) is 3.00. The molecule has 2 aromatic heterocycles. The molecule has 2 aliphatic rings. The van der Waals surface area contributed by atoms with Crippen LogP contribution in [0.4, 0.5) is 5.82 Å². The molecule has 2 aromatic rings. The molecule has 7 nitrogen and oxygen atoms in total. The number of rotatable bonds is 8. The Labute approximate surface area is 162 Å². The lowest BCUT2D eigenvalue weighted by Gasteiger charge is -2.17. The van der Waals surface area contributed by atoms with Gasteiger partial charge in [0.15, 0.2) is 10.9 Å². The maximum atomic E-state index is 12.0. The van der Waals surface area contributed by atoms with Crippen molar-refractivity contribution in [3.8, 4) is 0 Å². The lowest BCUT2D eigenvalue weighted by Crippen LogP contribution is -2.24. The van der Waals surface area contributed by atoms with Crippen molar-refractivity contribution in [2.24, 2.45) is 0 Å². The monoisotopic (exact) mass is 388 g/mol. The second-order valence-electron chi connectivity index (χ2n) is 6.93. The van der Waals surface area contributed by atoms with E-state index in [1.165, 1.54) is 24.6 Å². The number of thioether (sulfide) groups is 1. The Morgan fingerprint density at radius 3 is 2.89 bits per heavy atom. The number of nitrogens with one attached hydrogen (secondary N) is 1. The largest absolute Gasteiger partial charge is 0.455 e. The van der Waals surface area contributed by atoms with E-state index in [1.54, 1.807) is 13.2 Å². The first-order valence-corrected chi connectivity index (χ1v) is 10.3. The zero-order valence-electron chi connectivity index (χ0n) is 15.4. The highest BCUT2D eigenvalue weighted by atomic mass is 32.2. The minimum Gasteiger partial charge on any atom is -0.455 e. The third-order valence-electron chi connectivity index (χ3n) is 4.61. The first-order valence-electron chi connectivity index (χ1n) is 9.35. The smallest absolute Gasteiger partial charge is 0.287 e. The van der Waals surface area contributed by atoms with Gasteiger partial charge in [-0.25, -0.2) is 9.97 Å². The first-order chi connectivity index (χ1) is 13.2. The molecule has 0 spiro atoms. The predicted molar refractivity (Wildman–Crippen MR) is 103 cm³/mol. The van der Waals surface area contributed by atoms with Crippen LogP contribution in [-0.2, 0) is 17.1 Å². The summed E-state index contributed by atoms with van der Waals surface area (Å²) in [5.74, 6) is 2.50. The van der Waals surface area contributed by atoms with Crippen LogP contribution in [0.15, 0.2) is 27.8 Å². The molecular weight excluding hydrogens is 364 g/mol. The number of hydrogen-bond acceptors (Lipinski definition) is 7. The lowest BCUT2D eigenvalue weighted by atomic mass is 10.4. The molecule has 8 heteroatoms. The van der Waals surface area contributed by atoms with Crippen LogP contribution < -0.4 is 10.2 Å². The van der Waals surface area contributed by atoms with E-state index in [-0.39, 0.29) is 5.91 Å². The fraction of sp³-hybridized carbons (Fsp3) is 0.526. The minimum absolute atomic E-state index is 0.136. The number of anilines is 1. The zero-order chi connectivity index (χ0) is 18.6. The van der Waals surface area contributed by atoms with Gasteiger partial charge < -0.3 is 19.4 Å². The minimum atomic E-state index is -0.136. The van der Waals surface area contributed by atoms with E-state index >= 15 is 0 Å². The summed E-state index contributed by atoms with van der Waals surface area (Å²) in [6.45, 7) is 2.53. The summed E-state index contributed by atoms with van der Waals surface area (Å²) in [5, 5.41) is 3.63. The van der Waals surface area contributed by atoms with Crippen molar-refractivity contribution >= 4 is 23.5 Å². The van der Waals surface area contributed by atoms with Crippen molar-refractivity contribution in [2.45, 2.75) is 49.2 Å².